The van der Waals surface area contributed by atoms with Gasteiger partial charge in [-0.05, 0) is 11.5 Å². The van der Waals surface area contributed by atoms with Crippen LogP contribution in [0.5, 0.6) is 0 Å². The molecular weight excluding hydrogens is 136 g/mol. The Bertz CT molecular complexity index is 120. The van der Waals surface area contributed by atoms with Gasteiger partial charge in [-0.1, -0.05) is 11.8 Å². The monoisotopic (exact) mass is 146 g/mol. The third-order valence-corrected chi connectivity index (χ3v) is 1.51. The Kier molecular flexibility index (Phi) is 4.04. The predicted molar refractivity (Wildman–Crippen MR) is 39.8 cm³/mol. The van der Waals surface area contributed by atoms with Crippen molar-refractivity contribution in [2.24, 2.45) is 10.3 Å². The average Bonchev–Trinajstić information content (AvgIpc) is 1.82. The summed E-state index contributed by atoms with van der Waals surface area (Å²) < 4.78 is 0. The second kappa shape index (κ2) is 4.31. The van der Waals surface area contributed by atoms with Gasteiger partial charge >= 0.3 is 0 Å². The Labute approximate surface area is 58.8 Å². The number of amidine groups is 1. The number of rotatable bonds is 1. The Morgan fingerprint density at radius 3 is 2.22 bits per heavy atom. The van der Waals surface area contributed by atoms with Crippen molar-refractivity contribution in [3.05, 3.63) is 0 Å². The van der Waals surface area contributed by atoms with Crippen LogP contribution in [0, 0.1) is 5.53 Å². The quantitative estimate of drug-likeness (QED) is 0.262. The van der Waals surface area contributed by atoms with Crippen LogP contribution in [0.15, 0.2) is 10.3 Å². The molecule has 0 spiro atoms. The summed E-state index contributed by atoms with van der Waals surface area (Å²) in [6, 6.07) is 0. The van der Waals surface area contributed by atoms with E-state index in [-0.39, 0.29) is 0 Å². The van der Waals surface area contributed by atoms with Crippen molar-refractivity contribution < 1.29 is 0 Å². The van der Waals surface area contributed by atoms with Crippen molar-refractivity contribution in [2.45, 2.75) is 0 Å². The molecule has 0 aliphatic rings. The fraction of sp³-hybridized carbons (Fsp3) is 0.750. The molecule has 0 heterocycles. The van der Waals surface area contributed by atoms with Gasteiger partial charge in [-0.25, -0.2) is 0 Å². The first-order valence-electron chi connectivity index (χ1n) is 2.38. The molecule has 0 aromatic rings. The van der Waals surface area contributed by atoms with E-state index in [1.165, 1.54) is 11.8 Å². The molecule has 0 aromatic carbocycles. The lowest BCUT2D eigenvalue weighted by Gasteiger charge is -2.09. The summed E-state index contributed by atoms with van der Waals surface area (Å²) in [6.45, 7) is 0. The molecule has 0 bridgehead atoms. The highest BCUT2D eigenvalue weighted by Crippen LogP contribution is 2.00. The molecule has 0 aliphatic heterocycles. The molecule has 5 heteroatoms. The highest BCUT2D eigenvalue weighted by atomic mass is 32.2. The van der Waals surface area contributed by atoms with Crippen LogP contribution in [0.4, 0.5) is 0 Å². The van der Waals surface area contributed by atoms with Crippen molar-refractivity contribution in [3.63, 3.8) is 0 Å². The van der Waals surface area contributed by atoms with Gasteiger partial charge < -0.3 is 4.90 Å². The molecule has 0 aromatic heterocycles. The molecule has 0 fully saturated rings. The van der Waals surface area contributed by atoms with Crippen LogP contribution < -0.4 is 0 Å². The van der Waals surface area contributed by atoms with E-state index >= 15 is 0 Å². The molecule has 9 heavy (non-hydrogen) atoms. The van der Waals surface area contributed by atoms with E-state index in [1.807, 2.05) is 25.3 Å². The molecule has 0 atom stereocenters. The first-order chi connectivity index (χ1) is 4.22. The normalized spacial score (nSPS) is 11.2. The molecular formula is C4H10N4S. The summed E-state index contributed by atoms with van der Waals surface area (Å²) in [5.41, 5.74) is 6.43. The predicted octanol–water partition coefficient (Wildman–Crippen LogP) is 1.21. The van der Waals surface area contributed by atoms with Gasteiger partial charge in [0, 0.05) is 14.1 Å². The lowest BCUT2D eigenvalue weighted by Crippen LogP contribution is -2.17. The summed E-state index contributed by atoms with van der Waals surface area (Å²) in [5, 5.41) is 7.18. The van der Waals surface area contributed by atoms with E-state index in [9.17, 15) is 0 Å². The zero-order chi connectivity index (χ0) is 7.28. The number of nitrogens with zero attached hydrogens (tertiary/aromatic N) is 3. The molecule has 0 saturated heterocycles. The maximum absolute atomic E-state index is 6.43. The number of hydrogen-bond donors (Lipinski definition) is 1. The van der Waals surface area contributed by atoms with Crippen LogP contribution in [0.25, 0.3) is 0 Å². The van der Waals surface area contributed by atoms with Gasteiger partial charge in [0.25, 0.3) is 0 Å². The highest BCUT2D eigenvalue weighted by Gasteiger charge is 1.96. The van der Waals surface area contributed by atoms with E-state index in [0.717, 1.165) is 5.17 Å². The summed E-state index contributed by atoms with van der Waals surface area (Å²) in [6.07, 6.45) is 1.89. The zero-order valence-corrected chi connectivity index (χ0v) is 6.57. The minimum atomic E-state index is 0.741. The minimum absolute atomic E-state index is 0.741. The topological polar surface area (TPSA) is 51.8 Å². The van der Waals surface area contributed by atoms with E-state index in [4.69, 9.17) is 5.53 Å². The number of nitrogens with one attached hydrogen (secondary N) is 1. The molecule has 4 nitrogen and oxygen atoms in total. The highest BCUT2D eigenvalue weighted by molar-refractivity contribution is 8.13. The van der Waals surface area contributed by atoms with E-state index < -0.39 is 0 Å². The smallest absolute Gasteiger partial charge is 0.186 e. The average molecular weight is 146 g/mol. The second-order valence-electron chi connectivity index (χ2n) is 1.58. The standard InChI is InChI=1S/C4H10N4S/c1-8(2)4(9-3)6-7-5/h5H,1-3H3/b6-4+,7-5?. The maximum Gasteiger partial charge on any atom is 0.186 e. The van der Waals surface area contributed by atoms with Gasteiger partial charge in [0.2, 0.25) is 0 Å². The van der Waals surface area contributed by atoms with Crippen LogP contribution in [-0.2, 0) is 0 Å². The Hall–Kier alpha value is -0.580. The van der Waals surface area contributed by atoms with Crippen molar-refractivity contribution in [3.8, 4) is 0 Å². The van der Waals surface area contributed by atoms with Crippen LogP contribution in [-0.4, -0.2) is 30.4 Å². The van der Waals surface area contributed by atoms with Crippen LogP contribution in [0.3, 0.4) is 0 Å². The fourth-order valence-corrected chi connectivity index (χ4v) is 0.843. The van der Waals surface area contributed by atoms with Gasteiger partial charge in [-0.3, -0.25) is 0 Å². The minimum Gasteiger partial charge on any atom is -0.356 e. The van der Waals surface area contributed by atoms with E-state index in [1.54, 1.807) is 0 Å². The maximum atomic E-state index is 6.43. The van der Waals surface area contributed by atoms with Gasteiger partial charge in [-0.2, -0.15) is 5.53 Å². The molecule has 0 aliphatic carbocycles. The summed E-state index contributed by atoms with van der Waals surface area (Å²) in [5.74, 6) is 0. The molecule has 1 N–H and O–H groups in total. The molecule has 0 rings (SSSR count). The van der Waals surface area contributed by atoms with Gasteiger partial charge in [0.1, 0.15) is 0 Å². The van der Waals surface area contributed by atoms with E-state index in [0.29, 0.717) is 0 Å². The third-order valence-electron chi connectivity index (χ3n) is 0.701. The van der Waals surface area contributed by atoms with Gasteiger partial charge in [-0.15, -0.1) is 5.10 Å². The fourth-order valence-electron chi connectivity index (χ4n) is 0.356. The molecule has 0 amide bonds. The third kappa shape index (κ3) is 3.07. The SMILES string of the molecule is CS/C(=N/N=N)N(C)C. The zero-order valence-electron chi connectivity index (χ0n) is 5.75. The van der Waals surface area contributed by atoms with Crippen molar-refractivity contribution in [2.75, 3.05) is 20.4 Å². The first-order valence-corrected chi connectivity index (χ1v) is 3.60. The molecule has 0 radical (unpaired) electrons. The Morgan fingerprint density at radius 1 is 1.56 bits per heavy atom. The largest absolute Gasteiger partial charge is 0.356 e. The molecule has 0 unspecified atom stereocenters. The number of hydrogen-bond acceptors (Lipinski definition) is 3. The Morgan fingerprint density at radius 2 is 2.11 bits per heavy atom. The lowest BCUT2D eigenvalue weighted by molar-refractivity contribution is 0.631. The first kappa shape index (κ1) is 8.42. The number of thioether (sulfide) groups is 1. The summed E-state index contributed by atoms with van der Waals surface area (Å²) >= 11 is 1.46. The van der Waals surface area contributed by atoms with Crippen LogP contribution in [0.1, 0.15) is 0 Å². The summed E-state index contributed by atoms with van der Waals surface area (Å²) in [7, 11) is 3.72. The van der Waals surface area contributed by atoms with Crippen molar-refractivity contribution in [1.29, 1.82) is 5.53 Å². The van der Waals surface area contributed by atoms with Crippen LogP contribution >= 0.6 is 11.8 Å². The summed E-state index contributed by atoms with van der Waals surface area (Å²) in [4.78, 5) is 1.81. The van der Waals surface area contributed by atoms with Gasteiger partial charge in [0.15, 0.2) is 5.17 Å². The Balaban J connectivity index is 3.96. The molecule has 52 valence electrons. The van der Waals surface area contributed by atoms with Crippen molar-refractivity contribution >= 4 is 16.9 Å². The molecule has 0 saturated carbocycles. The van der Waals surface area contributed by atoms with Crippen LogP contribution in [0.2, 0.25) is 0 Å². The van der Waals surface area contributed by atoms with E-state index in [2.05, 4.69) is 10.3 Å². The van der Waals surface area contributed by atoms with Gasteiger partial charge in [0.05, 0.1) is 0 Å². The second-order valence-corrected chi connectivity index (χ2v) is 2.35. The van der Waals surface area contributed by atoms with Crippen molar-refractivity contribution in [1.82, 2.24) is 4.90 Å². The lowest BCUT2D eigenvalue weighted by atomic mass is 10.9.